The number of hydrogen-bond donors (Lipinski definition) is 3. The van der Waals surface area contributed by atoms with Crippen LogP contribution in [0, 0.1) is 0 Å². The predicted molar refractivity (Wildman–Crippen MR) is 62.3 cm³/mol. The summed E-state index contributed by atoms with van der Waals surface area (Å²) in [6.07, 6.45) is 0.119. The second-order valence-corrected chi connectivity index (χ2v) is 3.54. The molecule has 0 aromatic heterocycles. The maximum atomic E-state index is 11.3. The molecule has 1 aromatic rings. The third-order valence-corrected chi connectivity index (χ3v) is 2.01. The monoisotopic (exact) mass is 241 g/mol. The van der Waals surface area contributed by atoms with Gasteiger partial charge in [-0.05, 0) is 24.3 Å². The first-order valence-electron chi connectivity index (χ1n) is 4.66. The first kappa shape index (κ1) is 12.3. The zero-order chi connectivity index (χ0) is 12.0. The van der Waals surface area contributed by atoms with Gasteiger partial charge in [0.1, 0.15) is 0 Å². The average Bonchev–Trinajstić information content (AvgIpc) is 2.21. The number of nitrogens with two attached hydrogens (primary N) is 1. The highest BCUT2D eigenvalue weighted by Gasteiger charge is 2.01. The van der Waals surface area contributed by atoms with E-state index in [0.29, 0.717) is 10.7 Å². The normalized spacial score (nSPS) is 9.56. The van der Waals surface area contributed by atoms with Crippen LogP contribution in [0.5, 0.6) is 0 Å². The molecule has 0 atom stereocenters. The summed E-state index contributed by atoms with van der Waals surface area (Å²) in [6.45, 7) is 0.217. The number of benzene rings is 1. The summed E-state index contributed by atoms with van der Waals surface area (Å²) in [7, 11) is 0. The van der Waals surface area contributed by atoms with Crippen molar-refractivity contribution in [2.75, 3.05) is 11.9 Å². The van der Waals surface area contributed by atoms with E-state index in [-0.39, 0.29) is 19.0 Å². The first-order valence-corrected chi connectivity index (χ1v) is 5.04. The van der Waals surface area contributed by atoms with Crippen LogP contribution in [0.1, 0.15) is 6.42 Å². The molecule has 3 amide bonds. The van der Waals surface area contributed by atoms with Crippen LogP contribution in [0.3, 0.4) is 0 Å². The molecule has 0 saturated heterocycles. The summed E-state index contributed by atoms with van der Waals surface area (Å²) < 4.78 is 0. The molecule has 0 bridgehead atoms. The summed E-state index contributed by atoms with van der Waals surface area (Å²) in [4.78, 5) is 21.7. The Kier molecular flexibility index (Phi) is 4.60. The molecule has 0 radical (unpaired) electrons. The van der Waals surface area contributed by atoms with Gasteiger partial charge in [0, 0.05) is 23.7 Å². The van der Waals surface area contributed by atoms with E-state index in [1.54, 1.807) is 24.3 Å². The second kappa shape index (κ2) is 5.97. The van der Waals surface area contributed by atoms with Gasteiger partial charge in [-0.3, -0.25) is 4.79 Å². The molecular formula is C10H12ClN3O2. The molecule has 0 heterocycles. The Balaban J connectivity index is 2.34. The van der Waals surface area contributed by atoms with Crippen molar-refractivity contribution < 1.29 is 9.59 Å². The van der Waals surface area contributed by atoms with Crippen molar-refractivity contribution in [1.29, 1.82) is 0 Å². The quantitative estimate of drug-likeness (QED) is 0.743. The lowest BCUT2D eigenvalue weighted by Gasteiger charge is -2.06. The zero-order valence-corrected chi connectivity index (χ0v) is 9.25. The second-order valence-electron chi connectivity index (χ2n) is 3.10. The molecule has 1 aromatic carbocycles. The molecule has 0 fully saturated rings. The van der Waals surface area contributed by atoms with E-state index < -0.39 is 5.91 Å². The van der Waals surface area contributed by atoms with Crippen LogP contribution in [-0.4, -0.2) is 18.5 Å². The number of carbonyl (C=O) groups is 2. The maximum absolute atomic E-state index is 11.3. The molecule has 4 N–H and O–H groups in total. The van der Waals surface area contributed by atoms with Gasteiger partial charge < -0.3 is 16.4 Å². The van der Waals surface area contributed by atoms with Crippen LogP contribution >= 0.6 is 11.6 Å². The molecule has 1 rings (SSSR count). The van der Waals surface area contributed by atoms with Crippen molar-refractivity contribution in [2.45, 2.75) is 6.42 Å². The highest BCUT2D eigenvalue weighted by molar-refractivity contribution is 6.30. The van der Waals surface area contributed by atoms with Crippen molar-refractivity contribution in [3.05, 3.63) is 29.3 Å². The molecule has 6 heteroatoms. The molecule has 0 aliphatic rings. The minimum absolute atomic E-state index is 0.119. The van der Waals surface area contributed by atoms with E-state index in [4.69, 9.17) is 17.3 Å². The molecule has 5 nitrogen and oxygen atoms in total. The predicted octanol–water partition coefficient (Wildman–Crippen LogP) is 1.34. The lowest BCUT2D eigenvalue weighted by atomic mass is 10.3. The van der Waals surface area contributed by atoms with Crippen LogP contribution in [0.2, 0.25) is 5.02 Å². The van der Waals surface area contributed by atoms with E-state index in [9.17, 15) is 9.59 Å². The van der Waals surface area contributed by atoms with Crippen LogP contribution in [-0.2, 0) is 4.79 Å². The molecule has 0 unspecified atom stereocenters. The third-order valence-electron chi connectivity index (χ3n) is 1.76. The van der Waals surface area contributed by atoms with E-state index >= 15 is 0 Å². The fourth-order valence-electron chi connectivity index (χ4n) is 1.01. The highest BCUT2D eigenvalue weighted by atomic mass is 35.5. The molecular weight excluding hydrogens is 230 g/mol. The number of rotatable bonds is 4. The Labute approximate surface area is 98.0 Å². The Bertz CT molecular complexity index is 378. The van der Waals surface area contributed by atoms with Gasteiger partial charge in [-0.1, -0.05) is 11.6 Å². The largest absolute Gasteiger partial charge is 0.370 e. The van der Waals surface area contributed by atoms with Crippen molar-refractivity contribution in [3.63, 3.8) is 0 Å². The van der Waals surface area contributed by atoms with E-state index in [0.717, 1.165) is 0 Å². The zero-order valence-electron chi connectivity index (χ0n) is 8.50. The van der Waals surface area contributed by atoms with Crippen molar-refractivity contribution in [1.82, 2.24) is 5.32 Å². The van der Waals surface area contributed by atoms with Gasteiger partial charge >= 0.3 is 6.03 Å². The topological polar surface area (TPSA) is 84.2 Å². The van der Waals surface area contributed by atoms with E-state index in [1.807, 2.05) is 0 Å². The number of anilines is 1. The molecule has 0 aliphatic heterocycles. The van der Waals surface area contributed by atoms with Gasteiger partial charge in [0.25, 0.3) is 0 Å². The van der Waals surface area contributed by atoms with Gasteiger partial charge in [-0.25, -0.2) is 4.79 Å². The Hall–Kier alpha value is -1.75. The van der Waals surface area contributed by atoms with E-state index in [1.165, 1.54) is 0 Å². The summed E-state index contributed by atoms with van der Waals surface area (Å²) >= 11 is 5.69. The summed E-state index contributed by atoms with van der Waals surface area (Å²) in [6, 6.07) is 6.30. The van der Waals surface area contributed by atoms with Crippen LogP contribution in [0.25, 0.3) is 0 Å². The summed E-state index contributed by atoms with van der Waals surface area (Å²) in [5.74, 6) is -0.452. The van der Waals surface area contributed by atoms with Gasteiger partial charge in [0.2, 0.25) is 5.91 Å². The summed E-state index contributed by atoms with van der Waals surface area (Å²) in [5.41, 5.74) is 5.55. The standard InChI is InChI=1S/C10H12ClN3O2/c11-7-1-3-8(4-2-7)14-10(16)13-6-5-9(12)15/h1-4H,5-6H2,(H2,12,15)(H2,13,14,16). The lowest BCUT2D eigenvalue weighted by molar-refractivity contribution is -0.117. The van der Waals surface area contributed by atoms with Crippen LogP contribution in [0.15, 0.2) is 24.3 Å². The number of primary amides is 1. The Morgan fingerprint density at radius 2 is 1.88 bits per heavy atom. The van der Waals surface area contributed by atoms with Crippen molar-refractivity contribution in [2.24, 2.45) is 5.73 Å². The number of amides is 3. The van der Waals surface area contributed by atoms with Crippen molar-refractivity contribution in [3.8, 4) is 0 Å². The Morgan fingerprint density at radius 3 is 2.44 bits per heavy atom. The third kappa shape index (κ3) is 4.65. The molecule has 16 heavy (non-hydrogen) atoms. The lowest BCUT2D eigenvalue weighted by Crippen LogP contribution is -2.31. The fraction of sp³-hybridized carbons (Fsp3) is 0.200. The number of urea groups is 1. The first-order chi connectivity index (χ1) is 7.58. The van der Waals surface area contributed by atoms with Gasteiger partial charge in [0.15, 0.2) is 0 Å². The highest BCUT2D eigenvalue weighted by Crippen LogP contribution is 2.12. The Morgan fingerprint density at radius 1 is 1.25 bits per heavy atom. The molecule has 0 spiro atoms. The number of hydrogen-bond acceptors (Lipinski definition) is 2. The van der Waals surface area contributed by atoms with Gasteiger partial charge in [-0.15, -0.1) is 0 Å². The summed E-state index contributed by atoms with van der Waals surface area (Å²) in [5, 5.41) is 5.67. The fourth-order valence-corrected chi connectivity index (χ4v) is 1.13. The van der Waals surface area contributed by atoms with Crippen LogP contribution < -0.4 is 16.4 Å². The number of nitrogens with one attached hydrogen (secondary N) is 2. The molecule has 0 saturated carbocycles. The van der Waals surface area contributed by atoms with Gasteiger partial charge in [-0.2, -0.15) is 0 Å². The minimum atomic E-state index is -0.452. The average molecular weight is 242 g/mol. The number of halogens is 1. The van der Waals surface area contributed by atoms with E-state index in [2.05, 4.69) is 10.6 Å². The smallest absolute Gasteiger partial charge is 0.319 e. The molecule has 0 aliphatic carbocycles. The number of carbonyl (C=O) groups excluding carboxylic acids is 2. The SMILES string of the molecule is NC(=O)CCNC(=O)Nc1ccc(Cl)cc1. The van der Waals surface area contributed by atoms with Crippen LogP contribution in [0.4, 0.5) is 10.5 Å². The maximum Gasteiger partial charge on any atom is 0.319 e. The van der Waals surface area contributed by atoms with Crippen molar-refractivity contribution >= 4 is 29.2 Å². The molecule has 86 valence electrons. The van der Waals surface area contributed by atoms with Gasteiger partial charge in [0.05, 0.1) is 0 Å². The minimum Gasteiger partial charge on any atom is -0.370 e.